The normalized spacial score (nSPS) is 26.4. The monoisotopic (exact) mass is 376 g/mol. The second-order valence-corrected chi connectivity index (χ2v) is 7.10. The first-order valence-corrected chi connectivity index (χ1v) is 8.88. The molecule has 4 atom stereocenters. The number of amides is 1. The highest BCUT2D eigenvalue weighted by Crippen LogP contribution is 2.47. The van der Waals surface area contributed by atoms with E-state index < -0.39 is 0 Å². The molecule has 3 N–H and O–H groups in total. The summed E-state index contributed by atoms with van der Waals surface area (Å²) in [6, 6.07) is 9.63. The fourth-order valence-electron chi connectivity index (χ4n) is 4.36. The van der Waals surface area contributed by atoms with Gasteiger partial charge in [0.1, 0.15) is 5.75 Å². The Balaban J connectivity index is 0.00000196. The molecule has 1 aromatic heterocycles. The molecule has 1 amide bonds. The van der Waals surface area contributed by atoms with Crippen LogP contribution in [0.25, 0.3) is 5.69 Å². The third-order valence-corrected chi connectivity index (χ3v) is 5.71. The number of nitrogens with two attached hydrogens (primary N) is 1. The minimum atomic E-state index is -0.0255. The van der Waals surface area contributed by atoms with Crippen LogP contribution in [0.15, 0.2) is 36.5 Å². The van der Waals surface area contributed by atoms with Crippen LogP contribution in [0, 0.1) is 17.8 Å². The number of methoxy groups -OCH3 is 1. The molecule has 2 aliphatic rings. The van der Waals surface area contributed by atoms with Crippen molar-refractivity contribution in [2.75, 3.05) is 7.11 Å². The minimum absolute atomic E-state index is 0. The molecular formula is C19H25ClN4O2. The van der Waals surface area contributed by atoms with Crippen molar-refractivity contribution < 1.29 is 9.53 Å². The highest BCUT2D eigenvalue weighted by molar-refractivity contribution is 5.85. The smallest absolute Gasteiger partial charge is 0.225 e. The number of benzene rings is 1. The zero-order valence-corrected chi connectivity index (χ0v) is 15.6. The van der Waals surface area contributed by atoms with Crippen LogP contribution in [-0.4, -0.2) is 28.8 Å². The standard InChI is InChI=1S/C19H24N4O2.ClH/c1-25-16-6-4-15(5-7-16)23-9-8-14(22-23)11-21-19(24)17-12-2-3-13(10-12)18(17)20;/h4-9,12-13,17-18H,2-3,10-11,20H2,1H3,(H,21,24);1H. The molecule has 4 unspecified atom stereocenters. The van der Waals surface area contributed by atoms with E-state index in [4.69, 9.17) is 10.5 Å². The van der Waals surface area contributed by atoms with Gasteiger partial charge in [-0.25, -0.2) is 4.68 Å². The number of hydrogen-bond donors (Lipinski definition) is 2. The largest absolute Gasteiger partial charge is 0.497 e. The number of nitrogens with one attached hydrogen (secondary N) is 1. The first-order valence-electron chi connectivity index (χ1n) is 8.88. The van der Waals surface area contributed by atoms with Crippen molar-refractivity contribution >= 4 is 18.3 Å². The summed E-state index contributed by atoms with van der Waals surface area (Å²) in [6.07, 6.45) is 5.34. The Bertz CT molecular complexity index is 759. The first kappa shape index (κ1) is 18.7. The van der Waals surface area contributed by atoms with Crippen LogP contribution in [0.3, 0.4) is 0 Å². The van der Waals surface area contributed by atoms with Crippen LogP contribution in [-0.2, 0) is 11.3 Å². The molecule has 2 bridgehead atoms. The maximum absolute atomic E-state index is 12.5. The van der Waals surface area contributed by atoms with Crippen LogP contribution in [0.5, 0.6) is 5.75 Å². The van der Waals surface area contributed by atoms with Gasteiger partial charge < -0.3 is 15.8 Å². The van der Waals surface area contributed by atoms with Gasteiger partial charge in [-0.1, -0.05) is 0 Å². The summed E-state index contributed by atoms with van der Waals surface area (Å²) < 4.78 is 6.96. The van der Waals surface area contributed by atoms with Gasteiger partial charge in [0.2, 0.25) is 5.91 Å². The summed E-state index contributed by atoms with van der Waals surface area (Å²) in [5.41, 5.74) is 8.03. The predicted molar refractivity (Wildman–Crippen MR) is 102 cm³/mol. The van der Waals surface area contributed by atoms with Gasteiger partial charge in [0.15, 0.2) is 0 Å². The van der Waals surface area contributed by atoms with Crippen molar-refractivity contribution in [2.45, 2.75) is 31.8 Å². The molecule has 0 radical (unpaired) electrons. The van der Waals surface area contributed by atoms with Gasteiger partial charge >= 0.3 is 0 Å². The molecule has 0 spiro atoms. The van der Waals surface area contributed by atoms with E-state index in [1.165, 1.54) is 6.42 Å². The Hall–Kier alpha value is -2.05. The second-order valence-electron chi connectivity index (χ2n) is 7.10. The van der Waals surface area contributed by atoms with Crippen LogP contribution < -0.4 is 15.8 Å². The molecule has 4 rings (SSSR count). The second kappa shape index (κ2) is 7.68. The maximum atomic E-state index is 12.5. The molecular weight excluding hydrogens is 352 g/mol. The topological polar surface area (TPSA) is 82.2 Å². The molecule has 6 nitrogen and oxygen atoms in total. The number of halogens is 1. The van der Waals surface area contributed by atoms with Gasteiger partial charge in [-0.3, -0.25) is 4.79 Å². The molecule has 26 heavy (non-hydrogen) atoms. The highest BCUT2D eigenvalue weighted by atomic mass is 35.5. The van der Waals surface area contributed by atoms with Crippen LogP contribution in [0.2, 0.25) is 0 Å². The lowest BCUT2D eigenvalue weighted by Crippen LogP contribution is -2.45. The molecule has 1 aromatic carbocycles. The van der Waals surface area contributed by atoms with Crippen molar-refractivity contribution in [3.63, 3.8) is 0 Å². The molecule has 2 aromatic rings. The SMILES string of the molecule is COc1ccc(-n2ccc(CNC(=O)C3C4CCC(C4)C3N)n2)cc1.Cl. The quantitative estimate of drug-likeness (QED) is 0.838. The highest BCUT2D eigenvalue weighted by Gasteiger charge is 2.48. The number of hydrogen-bond acceptors (Lipinski definition) is 4. The van der Waals surface area contributed by atoms with Gasteiger partial charge in [0, 0.05) is 12.2 Å². The van der Waals surface area contributed by atoms with Crippen LogP contribution in [0.4, 0.5) is 0 Å². The fourth-order valence-corrected chi connectivity index (χ4v) is 4.36. The average molecular weight is 377 g/mol. The van der Waals surface area contributed by atoms with E-state index >= 15 is 0 Å². The van der Waals surface area contributed by atoms with Gasteiger partial charge in [-0.15, -0.1) is 12.4 Å². The Morgan fingerprint density at radius 1 is 1.27 bits per heavy atom. The van der Waals surface area contributed by atoms with Gasteiger partial charge in [0.25, 0.3) is 0 Å². The zero-order valence-electron chi connectivity index (χ0n) is 14.8. The molecule has 2 fully saturated rings. The van der Waals surface area contributed by atoms with Gasteiger partial charge in [-0.05, 0) is 61.4 Å². The molecule has 0 saturated heterocycles. The molecule has 2 aliphatic carbocycles. The van der Waals surface area contributed by atoms with E-state index in [0.29, 0.717) is 18.4 Å². The predicted octanol–water partition coefficient (Wildman–Crippen LogP) is 2.29. The molecule has 7 heteroatoms. The number of nitrogens with zero attached hydrogens (tertiary/aromatic N) is 2. The Morgan fingerprint density at radius 2 is 2.00 bits per heavy atom. The van der Waals surface area contributed by atoms with Crippen molar-refractivity contribution in [3.05, 3.63) is 42.2 Å². The minimum Gasteiger partial charge on any atom is -0.497 e. The van der Waals surface area contributed by atoms with E-state index in [1.807, 2.05) is 36.5 Å². The summed E-state index contributed by atoms with van der Waals surface area (Å²) in [7, 11) is 1.64. The fraction of sp³-hybridized carbons (Fsp3) is 0.474. The van der Waals surface area contributed by atoms with Crippen molar-refractivity contribution in [1.82, 2.24) is 15.1 Å². The Labute approximate surface area is 159 Å². The van der Waals surface area contributed by atoms with Crippen LogP contribution >= 0.6 is 12.4 Å². The maximum Gasteiger partial charge on any atom is 0.225 e. The van der Waals surface area contributed by atoms with E-state index in [0.717, 1.165) is 30.0 Å². The molecule has 0 aliphatic heterocycles. The molecule has 140 valence electrons. The van der Waals surface area contributed by atoms with Gasteiger partial charge in [0.05, 0.1) is 31.0 Å². The lowest BCUT2D eigenvalue weighted by atomic mass is 9.84. The lowest BCUT2D eigenvalue weighted by Gasteiger charge is -2.26. The first-order chi connectivity index (χ1) is 12.2. The van der Waals surface area contributed by atoms with E-state index in [9.17, 15) is 4.79 Å². The summed E-state index contributed by atoms with van der Waals surface area (Å²) in [6.45, 7) is 0.433. The number of fused-ring (bicyclic) bond motifs is 2. The molecule has 2 saturated carbocycles. The van der Waals surface area contributed by atoms with Crippen molar-refractivity contribution in [3.8, 4) is 11.4 Å². The van der Waals surface area contributed by atoms with Crippen LogP contribution in [0.1, 0.15) is 25.0 Å². The van der Waals surface area contributed by atoms with E-state index in [-0.39, 0.29) is 30.3 Å². The molecule has 1 heterocycles. The summed E-state index contributed by atoms with van der Waals surface area (Å²) in [5, 5.41) is 7.56. The third kappa shape index (κ3) is 3.44. The van der Waals surface area contributed by atoms with E-state index in [2.05, 4.69) is 10.4 Å². The summed E-state index contributed by atoms with van der Waals surface area (Å²) in [5.74, 6) is 1.87. The number of carbonyl (C=O) groups is 1. The number of ether oxygens (including phenoxy) is 1. The third-order valence-electron chi connectivity index (χ3n) is 5.71. The van der Waals surface area contributed by atoms with Gasteiger partial charge in [-0.2, -0.15) is 5.10 Å². The number of aromatic nitrogens is 2. The van der Waals surface area contributed by atoms with Crippen molar-refractivity contribution in [1.29, 1.82) is 0 Å². The number of rotatable bonds is 5. The average Bonchev–Trinajstić information content (AvgIpc) is 3.36. The Kier molecular flexibility index (Phi) is 5.53. The lowest BCUT2D eigenvalue weighted by molar-refractivity contribution is -0.127. The van der Waals surface area contributed by atoms with E-state index in [1.54, 1.807) is 11.8 Å². The van der Waals surface area contributed by atoms with Crippen molar-refractivity contribution in [2.24, 2.45) is 23.5 Å². The zero-order chi connectivity index (χ0) is 17.4. The summed E-state index contributed by atoms with van der Waals surface area (Å²) in [4.78, 5) is 12.5. The Morgan fingerprint density at radius 3 is 2.65 bits per heavy atom. The summed E-state index contributed by atoms with van der Waals surface area (Å²) >= 11 is 0. The number of carbonyl (C=O) groups excluding carboxylic acids is 1.